The topological polar surface area (TPSA) is 20.3 Å². The van der Waals surface area contributed by atoms with Gasteiger partial charge in [-0.25, -0.2) is 13.2 Å². The first-order chi connectivity index (χ1) is 5.33. The Balaban J connectivity index is 4.37. The lowest BCUT2D eigenvalue weighted by molar-refractivity contribution is -0.126. The molecule has 0 fully saturated rings. The molecule has 1 unspecified atom stereocenters. The molecule has 0 aromatic heterocycles. The molecule has 0 saturated carbocycles. The number of nitrogens with zero attached hydrogens (tertiary/aromatic N) is 1. The molecule has 0 aliphatic heterocycles. The minimum atomic E-state index is -3.09. The fraction of sp³-hybridized carbons (Fsp3) is 0.857. The van der Waals surface area contributed by atoms with Gasteiger partial charge in [0.15, 0.2) is 0 Å². The maximum absolute atomic E-state index is 12.6. The number of rotatable bonds is 4. The van der Waals surface area contributed by atoms with Gasteiger partial charge in [0, 0.05) is 0 Å². The summed E-state index contributed by atoms with van der Waals surface area (Å²) in [7, 11) is 1.14. The van der Waals surface area contributed by atoms with E-state index >= 15 is 0 Å². The Morgan fingerprint density at radius 1 is 1.33 bits per heavy atom. The lowest BCUT2D eigenvalue weighted by atomic mass is 10.1. The van der Waals surface area contributed by atoms with E-state index in [9.17, 15) is 18.0 Å². The molecule has 0 aliphatic carbocycles. The molecule has 12 heavy (non-hydrogen) atoms. The van der Waals surface area contributed by atoms with E-state index in [0.717, 1.165) is 7.05 Å². The van der Waals surface area contributed by atoms with E-state index in [1.807, 2.05) is 0 Å². The van der Waals surface area contributed by atoms with E-state index in [1.54, 1.807) is 0 Å². The third-order valence-electron chi connectivity index (χ3n) is 1.78. The molecule has 0 aromatic rings. The summed E-state index contributed by atoms with van der Waals surface area (Å²) in [4.78, 5) is 11.0. The number of likely N-dealkylation sites (N-methyl/N-ethyl adjacent to an activating group) is 1. The highest BCUT2D eigenvalue weighted by molar-refractivity contribution is 5.62. The summed E-state index contributed by atoms with van der Waals surface area (Å²) in [6.45, 7) is 2.74. The second-order valence-electron chi connectivity index (χ2n) is 3.09. The summed E-state index contributed by atoms with van der Waals surface area (Å²) in [5, 5.41) is 0. The largest absolute Gasteiger partial charge is 0.301 e. The SMILES string of the molecule is CN(C(F)C(F)F)C(C)(C)C=O. The molecule has 0 bridgehead atoms. The highest BCUT2D eigenvalue weighted by Gasteiger charge is 2.34. The van der Waals surface area contributed by atoms with Gasteiger partial charge >= 0.3 is 0 Å². The summed E-state index contributed by atoms with van der Waals surface area (Å²) >= 11 is 0. The number of halogens is 3. The van der Waals surface area contributed by atoms with Crippen molar-refractivity contribution in [2.24, 2.45) is 0 Å². The molecular weight excluding hydrogens is 171 g/mol. The van der Waals surface area contributed by atoms with E-state index in [0.29, 0.717) is 11.2 Å². The highest BCUT2D eigenvalue weighted by atomic mass is 19.3. The molecule has 2 nitrogen and oxygen atoms in total. The summed E-state index contributed by atoms with van der Waals surface area (Å²) in [5.41, 5.74) is -1.20. The smallest absolute Gasteiger partial charge is 0.282 e. The minimum absolute atomic E-state index is 0.433. The second-order valence-corrected chi connectivity index (χ2v) is 3.09. The van der Waals surface area contributed by atoms with Gasteiger partial charge in [-0.15, -0.1) is 0 Å². The zero-order valence-electron chi connectivity index (χ0n) is 7.22. The lowest BCUT2D eigenvalue weighted by Gasteiger charge is -2.32. The van der Waals surface area contributed by atoms with Gasteiger partial charge < -0.3 is 4.79 Å². The van der Waals surface area contributed by atoms with Crippen molar-refractivity contribution in [1.82, 2.24) is 4.90 Å². The Bertz CT molecular complexity index is 161. The van der Waals surface area contributed by atoms with Gasteiger partial charge in [-0.1, -0.05) is 0 Å². The Morgan fingerprint density at radius 2 is 1.75 bits per heavy atom. The number of carbonyl (C=O) groups is 1. The molecule has 0 rings (SSSR count). The van der Waals surface area contributed by atoms with E-state index in [1.165, 1.54) is 13.8 Å². The van der Waals surface area contributed by atoms with Crippen LogP contribution in [-0.2, 0) is 4.79 Å². The fourth-order valence-corrected chi connectivity index (χ4v) is 0.570. The molecule has 0 aromatic carbocycles. The Labute approximate surface area is 69.3 Å². The molecule has 1 atom stereocenters. The van der Waals surface area contributed by atoms with E-state index in [2.05, 4.69) is 0 Å². The molecule has 5 heteroatoms. The predicted molar refractivity (Wildman–Crippen MR) is 38.8 cm³/mol. The van der Waals surface area contributed by atoms with Crippen LogP contribution in [0.1, 0.15) is 13.8 Å². The molecule has 0 aliphatic rings. The van der Waals surface area contributed by atoms with Gasteiger partial charge in [-0.05, 0) is 20.9 Å². The van der Waals surface area contributed by atoms with E-state index in [4.69, 9.17) is 0 Å². The van der Waals surface area contributed by atoms with Crippen LogP contribution in [0.25, 0.3) is 0 Å². The average Bonchev–Trinajstić information content (AvgIpc) is 2.01. The van der Waals surface area contributed by atoms with Crippen LogP contribution in [0.4, 0.5) is 13.2 Å². The van der Waals surface area contributed by atoms with Crippen LogP contribution in [0.2, 0.25) is 0 Å². The first kappa shape index (κ1) is 11.4. The van der Waals surface area contributed by atoms with Gasteiger partial charge in [-0.3, -0.25) is 4.90 Å². The van der Waals surface area contributed by atoms with Crippen molar-refractivity contribution in [1.29, 1.82) is 0 Å². The van der Waals surface area contributed by atoms with Gasteiger partial charge in [0.1, 0.15) is 6.29 Å². The Hall–Kier alpha value is -0.580. The van der Waals surface area contributed by atoms with Crippen molar-refractivity contribution < 1.29 is 18.0 Å². The molecule has 0 radical (unpaired) electrons. The molecule has 0 N–H and O–H groups in total. The number of hydrogen-bond donors (Lipinski definition) is 0. The van der Waals surface area contributed by atoms with Crippen molar-refractivity contribution in [3.05, 3.63) is 0 Å². The van der Waals surface area contributed by atoms with Crippen LogP contribution < -0.4 is 0 Å². The van der Waals surface area contributed by atoms with E-state index < -0.39 is 18.3 Å². The highest BCUT2D eigenvalue weighted by Crippen LogP contribution is 2.18. The number of aldehydes is 1. The Kier molecular flexibility index (Phi) is 3.70. The maximum atomic E-state index is 12.6. The van der Waals surface area contributed by atoms with E-state index in [-0.39, 0.29) is 0 Å². The second kappa shape index (κ2) is 3.89. The quantitative estimate of drug-likeness (QED) is 0.485. The van der Waals surface area contributed by atoms with Crippen LogP contribution in [0, 0.1) is 0 Å². The van der Waals surface area contributed by atoms with Crippen LogP contribution in [0.15, 0.2) is 0 Å². The number of carbonyl (C=O) groups excluding carboxylic acids is 1. The summed E-state index contributed by atoms with van der Waals surface area (Å²) in [5.74, 6) is 0. The standard InChI is InChI=1S/C7H12F3NO/c1-7(2,4-12)11(3)6(10)5(8)9/h4-6H,1-3H3. The van der Waals surface area contributed by atoms with Crippen LogP contribution in [-0.4, -0.2) is 36.5 Å². The first-order valence-electron chi connectivity index (χ1n) is 3.44. The zero-order chi connectivity index (χ0) is 9.94. The van der Waals surface area contributed by atoms with Crippen molar-refractivity contribution in [2.45, 2.75) is 32.1 Å². The van der Waals surface area contributed by atoms with Crippen molar-refractivity contribution in [3.63, 3.8) is 0 Å². The Morgan fingerprint density at radius 3 is 2.00 bits per heavy atom. The van der Waals surface area contributed by atoms with Crippen LogP contribution in [0.5, 0.6) is 0 Å². The van der Waals surface area contributed by atoms with Crippen LogP contribution >= 0.6 is 0 Å². The third kappa shape index (κ3) is 2.48. The molecule has 0 amide bonds. The maximum Gasteiger partial charge on any atom is 0.282 e. The summed E-state index contributed by atoms with van der Waals surface area (Å²) in [6.07, 6.45) is -5.05. The average molecular weight is 183 g/mol. The van der Waals surface area contributed by atoms with Gasteiger partial charge in [0.25, 0.3) is 6.43 Å². The monoisotopic (exact) mass is 183 g/mol. The van der Waals surface area contributed by atoms with Gasteiger partial charge in [0.05, 0.1) is 5.54 Å². The summed E-state index contributed by atoms with van der Waals surface area (Å²) < 4.78 is 36.2. The molecule has 0 saturated heterocycles. The minimum Gasteiger partial charge on any atom is -0.301 e. The van der Waals surface area contributed by atoms with Gasteiger partial charge in [-0.2, -0.15) is 0 Å². The zero-order valence-corrected chi connectivity index (χ0v) is 7.22. The normalized spacial score (nSPS) is 15.3. The van der Waals surface area contributed by atoms with Gasteiger partial charge in [0.2, 0.25) is 6.30 Å². The third-order valence-corrected chi connectivity index (χ3v) is 1.78. The number of hydrogen-bond acceptors (Lipinski definition) is 2. The molecule has 0 heterocycles. The molecular formula is C7H12F3NO. The first-order valence-corrected chi connectivity index (χ1v) is 3.44. The van der Waals surface area contributed by atoms with Crippen molar-refractivity contribution >= 4 is 6.29 Å². The van der Waals surface area contributed by atoms with Crippen LogP contribution in [0.3, 0.4) is 0 Å². The fourth-order valence-electron chi connectivity index (χ4n) is 0.570. The lowest BCUT2D eigenvalue weighted by Crippen LogP contribution is -2.49. The molecule has 72 valence electrons. The van der Waals surface area contributed by atoms with Crippen molar-refractivity contribution in [3.8, 4) is 0 Å². The van der Waals surface area contributed by atoms with Crippen molar-refractivity contribution in [2.75, 3.05) is 7.05 Å². The predicted octanol–water partition coefficient (Wildman–Crippen LogP) is 1.46. The number of alkyl halides is 3. The summed E-state index contributed by atoms with van der Waals surface area (Å²) in [6, 6.07) is 0. The molecule has 0 spiro atoms.